The third kappa shape index (κ3) is 2.83. The Morgan fingerprint density at radius 3 is 2.54 bits per heavy atom. The number of fused-ring (bicyclic) bond motifs is 1. The molecule has 0 unspecified atom stereocenters. The molecule has 0 radical (unpaired) electrons. The Hall–Kier alpha value is -1.82. The van der Waals surface area contributed by atoms with Crippen molar-refractivity contribution in [1.29, 1.82) is 0 Å². The summed E-state index contributed by atoms with van der Waals surface area (Å²) in [6, 6.07) is 9.70. The Labute approximate surface area is 141 Å². The number of hydrogen-bond donors (Lipinski definition) is 1. The van der Waals surface area contributed by atoms with E-state index in [1.54, 1.807) is 13.2 Å². The van der Waals surface area contributed by atoms with Crippen molar-refractivity contribution in [1.82, 2.24) is 4.90 Å². The summed E-state index contributed by atoms with van der Waals surface area (Å²) < 4.78 is 16.9. The molecule has 2 aromatic rings. The second kappa shape index (κ2) is 6.24. The first-order valence-corrected chi connectivity index (χ1v) is 8.48. The maximum Gasteiger partial charge on any atom is 0.170 e. The summed E-state index contributed by atoms with van der Waals surface area (Å²) in [5.41, 5.74) is 0.954. The van der Waals surface area contributed by atoms with Gasteiger partial charge in [0.05, 0.1) is 20.3 Å². The highest BCUT2D eigenvalue weighted by atomic mass is 16.7. The molecule has 0 aromatic heterocycles. The summed E-state index contributed by atoms with van der Waals surface area (Å²) in [7, 11) is 1.66. The molecule has 2 aliphatic heterocycles. The van der Waals surface area contributed by atoms with Crippen LogP contribution >= 0.6 is 0 Å². The smallest absolute Gasteiger partial charge is 0.170 e. The van der Waals surface area contributed by atoms with E-state index in [0.29, 0.717) is 25.5 Å². The van der Waals surface area contributed by atoms with Crippen molar-refractivity contribution < 1.29 is 19.3 Å². The molecule has 2 fully saturated rings. The number of hydrogen-bond acceptors (Lipinski definition) is 5. The fourth-order valence-electron chi connectivity index (χ4n) is 3.70. The summed E-state index contributed by atoms with van der Waals surface area (Å²) in [5, 5.41) is 12.5. The van der Waals surface area contributed by atoms with Gasteiger partial charge in [0.1, 0.15) is 11.5 Å². The van der Waals surface area contributed by atoms with Crippen LogP contribution in [0.1, 0.15) is 18.4 Å². The number of nitrogens with zero attached hydrogens (tertiary/aromatic N) is 1. The third-order valence-corrected chi connectivity index (χ3v) is 5.13. The first-order chi connectivity index (χ1) is 11.7. The van der Waals surface area contributed by atoms with E-state index in [1.165, 1.54) is 0 Å². The number of phenolic OH excluding ortho intramolecular Hbond substituents is 1. The van der Waals surface area contributed by atoms with E-state index in [0.717, 1.165) is 48.0 Å². The zero-order chi connectivity index (χ0) is 16.6. The first kappa shape index (κ1) is 15.7. The summed E-state index contributed by atoms with van der Waals surface area (Å²) in [6.45, 7) is 3.92. The minimum Gasteiger partial charge on any atom is -0.508 e. The molecule has 2 heterocycles. The van der Waals surface area contributed by atoms with Gasteiger partial charge in [-0.15, -0.1) is 0 Å². The van der Waals surface area contributed by atoms with Gasteiger partial charge in [-0.25, -0.2) is 0 Å². The molecule has 2 aliphatic rings. The minimum atomic E-state index is -0.361. The predicted octanol–water partition coefficient (Wildman–Crippen LogP) is 2.89. The third-order valence-electron chi connectivity index (χ3n) is 5.13. The van der Waals surface area contributed by atoms with Crippen LogP contribution in [0.2, 0.25) is 0 Å². The van der Waals surface area contributed by atoms with Crippen LogP contribution in [-0.2, 0) is 16.0 Å². The van der Waals surface area contributed by atoms with Crippen LogP contribution in [0.4, 0.5) is 0 Å². The van der Waals surface area contributed by atoms with E-state index in [1.807, 2.05) is 24.3 Å². The number of aromatic hydroxyl groups is 1. The number of rotatable bonds is 3. The fraction of sp³-hybridized carbons (Fsp3) is 0.474. The number of phenols is 1. The molecule has 0 saturated carbocycles. The largest absolute Gasteiger partial charge is 0.508 e. The molecule has 0 amide bonds. The van der Waals surface area contributed by atoms with E-state index in [9.17, 15) is 5.11 Å². The average Bonchev–Trinajstić information content (AvgIpc) is 3.07. The Morgan fingerprint density at radius 1 is 1.12 bits per heavy atom. The van der Waals surface area contributed by atoms with Gasteiger partial charge in [-0.3, -0.25) is 4.90 Å². The highest BCUT2D eigenvalue weighted by Gasteiger charge is 2.39. The second-order valence-electron chi connectivity index (χ2n) is 6.53. The first-order valence-electron chi connectivity index (χ1n) is 8.48. The lowest BCUT2D eigenvalue weighted by atomic mass is 9.99. The number of ether oxygens (including phenoxy) is 3. The van der Waals surface area contributed by atoms with Crippen molar-refractivity contribution in [3.63, 3.8) is 0 Å². The quantitative estimate of drug-likeness (QED) is 0.938. The van der Waals surface area contributed by atoms with E-state index in [2.05, 4.69) is 4.90 Å². The SMILES string of the molecule is COc1ccc2ccc(O)c(CN3CCC4(CC3)OCCO4)c2c1. The summed E-state index contributed by atoms with van der Waals surface area (Å²) in [4.78, 5) is 2.35. The van der Waals surface area contributed by atoms with Crippen molar-refractivity contribution in [2.75, 3.05) is 33.4 Å². The molecule has 0 aliphatic carbocycles. The van der Waals surface area contributed by atoms with Gasteiger partial charge < -0.3 is 19.3 Å². The molecular formula is C19H23NO4. The van der Waals surface area contributed by atoms with Crippen LogP contribution in [0.5, 0.6) is 11.5 Å². The van der Waals surface area contributed by atoms with Gasteiger partial charge in [0, 0.05) is 38.0 Å². The van der Waals surface area contributed by atoms with E-state index in [4.69, 9.17) is 14.2 Å². The standard InChI is InChI=1S/C19H23NO4/c1-22-15-4-2-14-3-5-18(21)17(16(14)12-15)13-20-8-6-19(7-9-20)23-10-11-24-19/h2-5,12,21H,6-11,13H2,1H3. The van der Waals surface area contributed by atoms with Crippen LogP contribution in [0, 0.1) is 0 Å². The van der Waals surface area contributed by atoms with E-state index in [-0.39, 0.29) is 5.79 Å². The van der Waals surface area contributed by atoms with Crippen LogP contribution < -0.4 is 4.74 Å². The van der Waals surface area contributed by atoms with Crippen LogP contribution in [0.3, 0.4) is 0 Å². The molecule has 5 heteroatoms. The van der Waals surface area contributed by atoms with Gasteiger partial charge in [-0.2, -0.15) is 0 Å². The lowest BCUT2D eigenvalue weighted by Gasteiger charge is -2.37. The van der Waals surface area contributed by atoms with Crippen molar-refractivity contribution in [2.24, 2.45) is 0 Å². The maximum atomic E-state index is 10.4. The van der Waals surface area contributed by atoms with Crippen molar-refractivity contribution in [3.8, 4) is 11.5 Å². The zero-order valence-corrected chi connectivity index (χ0v) is 14.0. The number of likely N-dealkylation sites (tertiary alicyclic amines) is 1. The Morgan fingerprint density at radius 2 is 1.83 bits per heavy atom. The zero-order valence-electron chi connectivity index (χ0n) is 14.0. The van der Waals surface area contributed by atoms with Crippen molar-refractivity contribution in [2.45, 2.75) is 25.2 Å². The Balaban J connectivity index is 1.57. The van der Waals surface area contributed by atoms with Crippen molar-refractivity contribution in [3.05, 3.63) is 35.9 Å². The second-order valence-corrected chi connectivity index (χ2v) is 6.53. The van der Waals surface area contributed by atoms with Crippen LogP contribution in [0.15, 0.2) is 30.3 Å². The van der Waals surface area contributed by atoms with Gasteiger partial charge in [0.2, 0.25) is 0 Å². The molecule has 2 saturated heterocycles. The van der Waals surface area contributed by atoms with Gasteiger partial charge >= 0.3 is 0 Å². The lowest BCUT2D eigenvalue weighted by molar-refractivity contribution is -0.185. The summed E-state index contributed by atoms with van der Waals surface area (Å²) in [5.74, 6) is 0.782. The van der Waals surface area contributed by atoms with Gasteiger partial charge in [0.15, 0.2) is 5.79 Å². The molecule has 0 bridgehead atoms. The molecule has 1 N–H and O–H groups in total. The van der Waals surface area contributed by atoms with Crippen molar-refractivity contribution >= 4 is 10.8 Å². The highest BCUT2D eigenvalue weighted by molar-refractivity contribution is 5.88. The molecule has 128 valence electrons. The average molecular weight is 329 g/mol. The topological polar surface area (TPSA) is 51.2 Å². The fourth-order valence-corrected chi connectivity index (χ4v) is 3.70. The van der Waals surface area contributed by atoms with Gasteiger partial charge in [0.25, 0.3) is 0 Å². The maximum absolute atomic E-state index is 10.4. The molecule has 2 aromatic carbocycles. The van der Waals surface area contributed by atoms with Crippen LogP contribution in [-0.4, -0.2) is 49.2 Å². The lowest BCUT2D eigenvalue weighted by Crippen LogP contribution is -2.44. The molecule has 24 heavy (non-hydrogen) atoms. The predicted molar refractivity (Wildman–Crippen MR) is 91.3 cm³/mol. The normalized spacial score (nSPS) is 20.7. The molecule has 4 rings (SSSR count). The molecule has 1 spiro atoms. The van der Waals surface area contributed by atoms with Gasteiger partial charge in [-0.05, 0) is 29.0 Å². The Kier molecular flexibility index (Phi) is 4.08. The van der Waals surface area contributed by atoms with Gasteiger partial charge in [-0.1, -0.05) is 12.1 Å². The minimum absolute atomic E-state index is 0.337. The Bertz CT molecular complexity index is 729. The van der Waals surface area contributed by atoms with E-state index < -0.39 is 0 Å². The molecular weight excluding hydrogens is 306 g/mol. The van der Waals surface area contributed by atoms with E-state index >= 15 is 0 Å². The van der Waals surface area contributed by atoms with Crippen LogP contribution in [0.25, 0.3) is 10.8 Å². The summed E-state index contributed by atoms with van der Waals surface area (Å²) in [6.07, 6.45) is 1.75. The summed E-state index contributed by atoms with van der Waals surface area (Å²) >= 11 is 0. The number of benzene rings is 2. The highest BCUT2D eigenvalue weighted by Crippen LogP contribution is 2.35. The number of piperidine rings is 1. The monoisotopic (exact) mass is 329 g/mol. The number of methoxy groups -OCH3 is 1. The molecule has 0 atom stereocenters. The molecule has 5 nitrogen and oxygen atoms in total.